The third-order valence-corrected chi connectivity index (χ3v) is 7.77. The number of fused-ring (bicyclic) bond motifs is 1. The predicted octanol–water partition coefficient (Wildman–Crippen LogP) is 3.03. The zero-order valence-corrected chi connectivity index (χ0v) is 23.0. The van der Waals surface area contributed by atoms with Gasteiger partial charge in [0.25, 0.3) is 17.7 Å². The first-order valence-corrected chi connectivity index (χ1v) is 13.0. The quantitative estimate of drug-likeness (QED) is 0.451. The number of hydrogen-bond acceptors (Lipinski definition) is 5. The highest BCUT2D eigenvalue weighted by molar-refractivity contribution is 5.99. The number of nitrogens with zero attached hydrogens (tertiary/aromatic N) is 2. The normalized spacial score (nSPS) is 23.3. The van der Waals surface area contributed by atoms with Crippen LogP contribution in [0.3, 0.4) is 0 Å². The van der Waals surface area contributed by atoms with E-state index in [0.717, 1.165) is 11.0 Å². The van der Waals surface area contributed by atoms with Crippen LogP contribution in [0.1, 0.15) is 49.2 Å². The summed E-state index contributed by atoms with van der Waals surface area (Å²) in [5.41, 5.74) is -1.78. The number of alkyl halides is 2. The van der Waals surface area contributed by atoms with Gasteiger partial charge in [-0.3, -0.25) is 14.4 Å². The van der Waals surface area contributed by atoms with Crippen molar-refractivity contribution in [3.8, 4) is 5.75 Å². The lowest BCUT2D eigenvalue weighted by Gasteiger charge is -2.56. The fraction of sp³-hybridized carbons (Fsp3) is 0.483. The Hall–Kier alpha value is -3.60. The van der Waals surface area contributed by atoms with E-state index >= 15 is 8.78 Å². The Morgan fingerprint density at radius 2 is 1.82 bits per heavy atom. The number of β-lactam (4-membered cyclic amide) rings is 1. The summed E-state index contributed by atoms with van der Waals surface area (Å²) in [5, 5.41) is 23.7. The van der Waals surface area contributed by atoms with Crippen molar-refractivity contribution in [3.63, 3.8) is 0 Å². The molecule has 2 saturated heterocycles. The van der Waals surface area contributed by atoms with Crippen LogP contribution in [0, 0.1) is 18.2 Å². The molecular formula is C29H34F3N3O5. The Bertz CT molecular complexity index is 1340. The molecule has 2 aromatic rings. The first-order chi connectivity index (χ1) is 18.5. The number of hydrogen-bond donors (Lipinski definition) is 3. The highest BCUT2D eigenvalue weighted by atomic mass is 19.3. The molecule has 0 radical (unpaired) electrons. The third kappa shape index (κ3) is 5.02. The van der Waals surface area contributed by atoms with Crippen molar-refractivity contribution in [2.45, 2.75) is 70.7 Å². The van der Waals surface area contributed by atoms with Crippen molar-refractivity contribution in [2.75, 3.05) is 13.1 Å². The molecule has 8 nitrogen and oxygen atoms in total. The first kappa shape index (κ1) is 29.4. The van der Waals surface area contributed by atoms with Gasteiger partial charge in [0.1, 0.15) is 23.1 Å². The molecule has 216 valence electrons. The van der Waals surface area contributed by atoms with E-state index < -0.39 is 65.1 Å². The largest absolute Gasteiger partial charge is 0.508 e. The number of aliphatic hydroxyl groups is 1. The van der Waals surface area contributed by atoms with E-state index in [1.165, 1.54) is 50.2 Å². The van der Waals surface area contributed by atoms with E-state index in [-0.39, 0.29) is 29.8 Å². The van der Waals surface area contributed by atoms with Crippen LogP contribution in [0.5, 0.6) is 5.75 Å². The summed E-state index contributed by atoms with van der Waals surface area (Å²) < 4.78 is 44.7. The van der Waals surface area contributed by atoms with Crippen molar-refractivity contribution >= 4 is 17.7 Å². The first-order valence-electron chi connectivity index (χ1n) is 13.0. The molecule has 4 atom stereocenters. The summed E-state index contributed by atoms with van der Waals surface area (Å²) in [7, 11) is 0. The van der Waals surface area contributed by atoms with Gasteiger partial charge in [0.15, 0.2) is 6.10 Å². The Kier molecular flexibility index (Phi) is 7.42. The lowest BCUT2D eigenvalue weighted by molar-refractivity contribution is -0.194. The lowest BCUT2D eigenvalue weighted by atomic mass is 9.76. The maximum atomic E-state index is 15.4. The molecule has 2 aliphatic heterocycles. The fourth-order valence-corrected chi connectivity index (χ4v) is 5.54. The number of aromatic hydroxyl groups is 1. The minimum atomic E-state index is -3.45. The summed E-state index contributed by atoms with van der Waals surface area (Å²) in [6, 6.07) is 6.72. The molecule has 3 N–H and O–H groups in total. The van der Waals surface area contributed by atoms with Crippen molar-refractivity contribution in [1.29, 1.82) is 0 Å². The van der Waals surface area contributed by atoms with E-state index in [1.54, 1.807) is 0 Å². The van der Waals surface area contributed by atoms with Crippen LogP contribution >= 0.6 is 0 Å². The van der Waals surface area contributed by atoms with Gasteiger partial charge in [-0.1, -0.05) is 39.0 Å². The van der Waals surface area contributed by atoms with Crippen molar-refractivity contribution < 1.29 is 37.8 Å². The predicted molar refractivity (Wildman–Crippen MR) is 140 cm³/mol. The maximum absolute atomic E-state index is 15.4. The number of halogens is 3. The monoisotopic (exact) mass is 561 g/mol. The molecular weight excluding hydrogens is 527 g/mol. The minimum absolute atomic E-state index is 0.0561. The smallest absolute Gasteiger partial charge is 0.290 e. The van der Waals surface area contributed by atoms with Crippen molar-refractivity contribution in [3.05, 3.63) is 65.0 Å². The molecule has 0 spiro atoms. The maximum Gasteiger partial charge on any atom is 0.290 e. The number of phenols is 1. The van der Waals surface area contributed by atoms with E-state index in [1.807, 2.05) is 20.8 Å². The molecule has 2 aliphatic rings. The van der Waals surface area contributed by atoms with Gasteiger partial charge in [-0.25, -0.2) is 13.2 Å². The van der Waals surface area contributed by atoms with Crippen LogP contribution in [0.25, 0.3) is 0 Å². The van der Waals surface area contributed by atoms with Crippen LogP contribution in [0.15, 0.2) is 42.5 Å². The fourth-order valence-electron chi connectivity index (χ4n) is 5.54. The van der Waals surface area contributed by atoms with Gasteiger partial charge in [0.05, 0.1) is 12.6 Å². The van der Waals surface area contributed by atoms with Crippen molar-refractivity contribution in [1.82, 2.24) is 15.1 Å². The number of likely N-dealkylation sites (tertiary alicyclic amines) is 2. The lowest BCUT2D eigenvalue weighted by Crippen LogP contribution is -2.79. The third-order valence-electron chi connectivity index (χ3n) is 7.77. The van der Waals surface area contributed by atoms with Crippen LogP contribution in [-0.2, 0) is 16.0 Å². The van der Waals surface area contributed by atoms with Crippen LogP contribution in [-0.4, -0.2) is 80.5 Å². The van der Waals surface area contributed by atoms with E-state index in [2.05, 4.69) is 5.32 Å². The van der Waals surface area contributed by atoms with Crippen LogP contribution < -0.4 is 5.32 Å². The Morgan fingerprint density at radius 3 is 2.45 bits per heavy atom. The summed E-state index contributed by atoms with van der Waals surface area (Å²) in [6.45, 7) is 7.15. The standard InChI is InChI=1S/C29H34F3N3O5/c1-16-19(10-7-11-21(16)36)24(38)33-20(13-17-8-6-9-18(30)12-17)22(37)25(39)34-15-29(31,32)28(5)23(34)26(40)35(28)14-27(2,3)4/h6-12,20,22-23,36-37H,13-15H2,1-5H3,(H,33,38)/t20?,22-,23?,28?/m0/s1. The molecule has 0 aliphatic carbocycles. The molecule has 0 bridgehead atoms. The van der Waals surface area contributed by atoms with Crippen molar-refractivity contribution in [2.24, 2.45) is 5.41 Å². The topological polar surface area (TPSA) is 110 Å². The number of nitrogens with one attached hydrogen (secondary N) is 1. The molecule has 2 fully saturated rings. The second kappa shape index (κ2) is 10.1. The molecule has 3 unspecified atom stereocenters. The van der Waals surface area contributed by atoms with E-state index in [0.29, 0.717) is 10.5 Å². The van der Waals surface area contributed by atoms with Gasteiger partial charge in [-0.15, -0.1) is 0 Å². The Labute approximate surface area is 230 Å². The molecule has 2 heterocycles. The second-order valence-electron chi connectivity index (χ2n) is 12.0. The second-order valence-corrected chi connectivity index (χ2v) is 12.0. The molecule has 4 rings (SSSR count). The average molecular weight is 562 g/mol. The zero-order chi connectivity index (χ0) is 29.8. The molecule has 40 heavy (non-hydrogen) atoms. The highest BCUT2D eigenvalue weighted by Gasteiger charge is 2.77. The minimum Gasteiger partial charge on any atom is -0.508 e. The zero-order valence-electron chi connectivity index (χ0n) is 23.0. The van der Waals surface area contributed by atoms with Crippen LogP contribution in [0.2, 0.25) is 0 Å². The van der Waals surface area contributed by atoms with E-state index in [4.69, 9.17) is 0 Å². The molecule has 11 heteroatoms. The SMILES string of the molecule is Cc1c(O)cccc1C(=O)NC(Cc1cccc(F)c1)[C@H](O)C(=O)N1CC(F)(F)C2(C)C1C(=O)N2CC(C)(C)C. The summed E-state index contributed by atoms with van der Waals surface area (Å²) in [6.07, 6.45) is -2.25. The number of phenolic OH excluding ortho intramolecular Hbond substituents is 1. The number of rotatable bonds is 7. The molecule has 3 amide bonds. The van der Waals surface area contributed by atoms with Gasteiger partial charge >= 0.3 is 0 Å². The summed E-state index contributed by atoms with van der Waals surface area (Å²) in [4.78, 5) is 41.5. The Morgan fingerprint density at radius 1 is 1.18 bits per heavy atom. The van der Waals surface area contributed by atoms with Gasteiger partial charge in [0.2, 0.25) is 5.91 Å². The number of benzene rings is 2. The number of carbonyl (C=O) groups excluding carboxylic acids is 3. The van der Waals surface area contributed by atoms with Gasteiger partial charge in [-0.2, -0.15) is 0 Å². The number of carbonyl (C=O) groups is 3. The highest BCUT2D eigenvalue weighted by Crippen LogP contribution is 2.53. The number of aliphatic hydroxyl groups excluding tert-OH is 1. The molecule has 0 saturated carbocycles. The molecule has 0 aromatic heterocycles. The summed E-state index contributed by atoms with van der Waals surface area (Å²) in [5.74, 6) is -6.71. The summed E-state index contributed by atoms with van der Waals surface area (Å²) >= 11 is 0. The van der Waals surface area contributed by atoms with Gasteiger partial charge in [-0.05, 0) is 55.5 Å². The van der Waals surface area contributed by atoms with E-state index in [9.17, 15) is 29.0 Å². The Balaban J connectivity index is 1.63. The van der Waals surface area contributed by atoms with Gasteiger partial charge in [0, 0.05) is 17.7 Å². The molecule has 2 aromatic carbocycles. The number of amides is 3. The van der Waals surface area contributed by atoms with Gasteiger partial charge < -0.3 is 25.3 Å². The average Bonchev–Trinajstić information content (AvgIpc) is 3.05. The van der Waals surface area contributed by atoms with Crippen LogP contribution in [0.4, 0.5) is 13.2 Å².